The summed E-state index contributed by atoms with van der Waals surface area (Å²) in [4.78, 5) is 11.1. The second-order valence-electron chi connectivity index (χ2n) is 4.26. The van der Waals surface area contributed by atoms with Crippen LogP contribution in [0.3, 0.4) is 0 Å². The minimum Gasteiger partial charge on any atom is -0.378 e. The molecule has 0 spiro atoms. The number of nitrogens with one attached hydrogen (secondary N) is 1. The molecule has 1 aliphatic rings. The highest BCUT2D eigenvalue weighted by atomic mass is 16.5. The van der Waals surface area contributed by atoms with Gasteiger partial charge in [0.2, 0.25) is 0 Å². The van der Waals surface area contributed by atoms with E-state index >= 15 is 0 Å². The number of rotatable bonds is 5. The molecule has 2 atom stereocenters. The van der Waals surface area contributed by atoms with Crippen LogP contribution in [0.15, 0.2) is 0 Å². The summed E-state index contributed by atoms with van der Waals surface area (Å²) in [6.45, 7) is 5.49. The first-order valence-corrected chi connectivity index (χ1v) is 5.37. The number of hydrazine groups is 1. The Kier molecular flexibility index (Phi) is 5.01. The molecule has 5 nitrogen and oxygen atoms in total. The fraction of sp³-hybridized carbons (Fsp3) is 0.900. The third kappa shape index (κ3) is 4.15. The van der Waals surface area contributed by atoms with Crippen LogP contribution in [0.2, 0.25) is 0 Å². The Hall–Kier alpha value is -0.650. The van der Waals surface area contributed by atoms with E-state index in [9.17, 15) is 4.79 Å². The molecule has 2 unspecified atom stereocenters. The maximum absolute atomic E-state index is 11.1. The number of hydrogen-bond donors (Lipinski definition) is 2. The van der Waals surface area contributed by atoms with Crippen molar-refractivity contribution in [1.82, 2.24) is 5.43 Å². The summed E-state index contributed by atoms with van der Waals surface area (Å²) in [6, 6.07) is 0. The van der Waals surface area contributed by atoms with Gasteiger partial charge in [0.15, 0.2) is 0 Å². The van der Waals surface area contributed by atoms with E-state index < -0.39 is 6.10 Å². The molecule has 0 aromatic rings. The Morgan fingerprint density at radius 1 is 1.60 bits per heavy atom. The van der Waals surface area contributed by atoms with Gasteiger partial charge < -0.3 is 9.47 Å². The van der Waals surface area contributed by atoms with Gasteiger partial charge in [-0.2, -0.15) is 0 Å². The molecule has 0 saturated carbocycles. The molecule has 1 saturated heterocycles. The van der Waals surface area contributed by atoms with Crippen molar-refractivity contribution in [3.8, 4) is 0 Å². The maximum atomic E-state index is 11.1. The van der Waals surface area contributed by atoms with Gasteiger partial charge in [-0.05, 0) is 18.8 Å². The average Bonchev–Trinajstić information content (AvgIpc) is 2.65. The zero-order chi connectivity index (χ0) is 11.3. The lowest BCUT2D eigenvalue weighted by atomic mass is 10.2. The molecule has 1 rings (SSSR count). The van der Waals surface area contributed by atoms with E-state index in [0.717, 1.165) is 19.4 Å². The molecule has 1 fully saturated rings. The second kappa shape index (κ2) is 6.05. The molecule has 0 aromatic carbocycles. The first kappa shape index (κ1) is 12.4. The number of carbonyl (C=O) groups is 1. The van der Waals surface area contributed by atoms with Crippen LogP contribution in [0.1, 0.15) is 26.7 Å². The summed E-state index contributed by atoms with van der Waals surface area (Å²) in [5, 5.41) is 0. The normalized spacial score (nSPS) is 25.9. The van der Waals surface area contributed by atoms with Gasteiger partial charge in [0.05, 0.1) is 12.7 Å². The molecule has 3 N–H and O–H groups in total. The van der Waals surface area contributed by atoms with E-state index in [1.165, 1.54) is 0 Å². The van der Waals surface area contributed by atoms with Gasteiger partial charge in [-0.15, -0.1) is 0 Å². The van der Waals surface area contributed by atoms with E-state index in [4.69, 9.17) is 15.3 Å². The van der Waals surface area contributed by atoms with Crippen molar-refractivity contribution in [3.05, 3.63) is 0 Å². The summed E-state index contributed by atoms with van der Waals surface area (Å²) in [7, 11) is 0. The van der Waals surface area contributed by atoms with E-state index in [0.29, 0.717) is 12.5 Å². The second-order valence-corrected chi connectivity index (χ2v) is 4.26. The fourth-order valence-corrected chi connectivity index (χ4v) is 1.55. The standard InChI is InChI=1S/C10H20N2O3/c1-7(2)5-14-6-8-3-4-9(15-8)10(13)12-11/h7-9H,3-6,11H2,1-2H3,(H,12,13). The van der Waals surface area contributed by atoms with Crippen molar-refractivity contribution >= 4 is 5.91 Å². The van der Waals surface area contributed by atoms with E-state index in [1.807, 2.05) is 0 Å². The van der Waals surface area contributed by atoms with Crippen LogP contribution in [0.25, 0.3) is 0 Å². The molecule has 5 heteroatoms. The monoisotopic (exact) mass is 216 g/mol. The van der Waals surface area contributed by atoms with Crippen LogP contribution < -0.4 is 11.3 Å². The third-order valence-corrected chi connectivity index (χ3v) is 2.30. The van der Waals surface area contributed by atoms with Gasteiger partial charge in [0, 0.05) is 6.61 Å². The predicted octanol–water partition coefficient (Wildman–Crippen LogP) is 0.197. The van der Waals surface area contributed by atoms with Gasteiger partial charge in [0.1, 0.15) is 6.10 Å². The lowest BCUT2D eigenvalue weighted by Crippen LogP contribution is -2.39. The van der Waals surface area contributed by atoms with Gasteiger partial charge in [0.25, 0.3) is 5.91 Å². The van der Waals surface area contributed by atoms with Crippen molar-refractivity contribution in [1.29, 1.82) is 0 Å². The summed E-state index contributed by atoms with van der Waals surface area (Å²) in [5.74, 6) is 5.30. The number of nitrogens with two attached hydrogens (primary N) is 1. The number of hydrogen-bond acceptors (Lipinski definition) is 4. The molecule has 88 valence electrons. The first-order valence-electron chi connectivity index (χ1n) is 5.37. The molecular weight excluding hydrogens is 196 g/mol. The van der Waals surface area contributed by atoms with Crippen LogP contribution in [0.5, 0.6) is 0 Å². The third-order valence-electron chi connectivity index (χ3n) is 2.30. The Morgan fingerprint density at radius 2 is 2.33 bits per heavy atom. The lowest BCUT2D eigenvalue weighted by Gasteiger charge is -2.13. The zero-order valence-corrected chi connectivity index (χ0v) is 9.36. The Bertz CT molecular complexity index is 209. The van der Waals surface area contributed by atoms with Crippen LogP contribution in [-0.2, 0) is 14.3 Å². The fourth-order valence-electron chi connectivity index (χ4n) is 1.55. The molecule has 15 heavy (non-hydrogen) atoms. The minimum absolute atomic E-state index is 0.0334. The number of amides is 1. The number of carbonyl (C=O) groups excluding carboxylic acids is 1. The summed E-state index contributed by atoms with van der Waals surface area (Å²) >= 11 is 0. The molecule has 1 aliphatic heterocycles. The van der Waals surface area contributed by atoms with E-state index in [-0.39, 0.29) is 12.0 Å². The highest BCUT2D eigenvalue weighted by Gasteiger charge is 2.30. The molecule has 0 radical (unpaired) electrons. The van der Waals surface area contributed by atoms with Crippen LogP contribution in [0, 0.1) is 5.92 Å². The smallest absolute Gasteiger partial charge is 0.263 e. The topological polar surface area (TPSA) is 73.6 Å². The van der Waals surface area contributed by atoms with Crippen LogP contribution in [0.4, 0.5) is 0 Å². The van der Waals surface area contributed by atoms with Crippen molar-refractivity contribution in [2.24, 2.45) is 11.8 Å². The molecule has 0 aliphatic carbocycles. The Labute approximate surface area is 90.3 Å². The summed E-state index contributed by atoms with van der Waals surface area (Å²) in [6.07, 6.45) is 1.21. The predicted molar refractivity (Wildman–Crippen MR) is 55.9 cm³/mol. The summed E-state index contributed by atoms with van der Waals surface area (Å²) < 4.78 is 10.9. The Morgan fingerprint density at radius 3 is 2.93 bits per heavy atom. The quantitative estimate of drug-likeness (QED) is 0.391. The average molecular weight is 216 g/mol. The maximum Gasteiger partial charge on any atom is 0.263 e. The minimum atomic E-state index is -0.400. The Balaban J connectivity index is 2.16. The van der Waals surface area contributed by atoms with Crippen molar-refractivity contribution in [3.63, 3.8) is 0 Å². The largest absolute Gasteiger partial charge is 0.378 e. The van der Waals surface area contributed by atoms with Crippen LogP contribution >= 0.6 is 0 Å². The van der Waals surface area contributed by atoms with Gasteiger partial charge in [-0.3, -0.25) is 10.2 Å². The van der Waals surface area contributed by atoms with Crippen molar-refractivity contribution < 1.29 is 14.3 Å². The highest BCUT2D eigenvalue weighted by Crippen LogP contribution is 2.19. The van der Waals surface area contributed by atoms with Gasteiger partial charge in [-0.1, -0.05) is 13.8 Å². The van der Waals surface area contributed by atoms with E-state index in [2.05, 4.69) is 19.3 Å². The highest BCUT2D eigenvalue weighted by molar-refractivity contribution is 5.80. The summed E-state index contributed by atoms with van der Waals surface area (Å²) in [5.41, 5.74) is 2.10. The number of ether oxygens (including phenoxy) is 2. The zero-order valence-electron chi connectivity index (χ0n) is 9.36. The van der Waals surface area contributed by atoms with Crippen molar-refractivity contribution in [2.75, 3.05) is 13.2 Å². The SMILES string of the molecule is CC(C)COCC1CCC(C(=O)NN)O1. The molecule has 1 amide bonds. The van der Waals surface area contributed by atoms with Crippen molar-refractivity contribution in [2.45, 2.75) is 38.9 Å². The van der Waals surface area contributed by atoms with Crippen LogP contribution in [-0.4, -0.2) is 31.3 Å². The molecule has 1 heterocycles. The van der Waals surface area contributed by atoms with Gasteiger partial charge in [-0.25, -0.2) is 5.84 Å². The first-order chi connectivity index (χ1) is 7.13. The molecule has 0 bridgehead atoms. The molecule has 0 aromatic heterocycles. The van der Waals surface area contributed by atoms with Gasteiger partial charge >= 0.3 is 0 Å². The van der Waals surface area contributed by atoms with E-state index in [1.54, 1.807) is 0 Å². The molecular formula is C10H20N2O3. The lowest BCUT2D eigenvalue weighted by molar-refractivity contribution is -0.133.